The number of ether oxygens (including phenoxy) is 1. The Morgan fingerprint density at radius 2 is 1.86 bits per heavy atom. The topological polar surface area (TPSA) is 52.3 Å². The van der Waals surface area contributed by atoms with Crippen molar-refractivity contribution in [3.8, 4) is 5.75 Å². The van der Waals surface area contributed by atoms with Crippen molar-refractivity contribution in [2.45, 2.75) is 70.4 Å². The van der Waals surface area contributed by atoms with Crippen LogP contribution in [-0.4, -0.2) is 34.0 Å². The highest BCUT2D eigenvalue weighted by atomic mass is 35.5. The van der Waals surface area contributed by atoms with E-state index in [0.29, 0.717) is 11.6 Å². The fourth-order valence-electron chi connectivity index (χ4n) is 2.84. The molecule has 0 aliphatic carbocycles. The Bertz CT molecular complexity index is 727. The molecule has 0 atom stereocenters. The predicted molar refractivity (Wildman–Crippen MR) is 119 cm³/mol. The maximum Gasteiger partial charge on any atom is 0.211 e. The van der Waals surface area contributed by atoms with E-state index in [0.717, 1.165) is 35.1 Å². The van der Waals surface area contributed by atoms with Gasteiger partial charge in [-0.2, -0.15) is 9.78 Å². The van der Waals surface area contributed by atoms with Crippen LogP contribution in [0.25, 0.3) is 0 Å². The van der Waals surface area contributed by atoms with Gasteiger partial charge < -0.3 is 4.74 Å². The fraction of sp³-hybridized carbons (Fsp3) is 0.571. The number of aromatic nitrogens is 3. The average Bonchev–Trinajstić information content (AvgIpc) is 3.11. The van der Waals surface area contributed by atoms with Crippen LogP contribution >= 0.6 is 23.4 Å². The molecule has 28 heavy (non-hydrogen) atoms. The zero-order valence-electron chi connectivity index (χ0n) is 17.2. The van der Waals surface area contributed by atoms with E-state index >= 15 is 0 Å². The number of rotatable bonds is 13. The number of hydrogen-bond donors (Lipinski definition) is 0. The summed E-state index contributed by atoms with van der Waals surface area (Å²) in [5, 5.41) is 14.2. The maximum absolute atomic E-state index is 6.38. The second-order valence-corrected chi connectivity index (χ2v) is 7.85. The molecule has 0 N–H and O–H groups in total. The molecular formula is C21H31ClN4OS. The molecule has 0 bridgehead atoms. The van der Waals surface area contributed by atoms with Crippen molar-refractivity contribution in [1.29, 1.82) is 0 Å². The van der Waals surface area contributed by atoms with Crippen LogP contribution in [0.3, 0.4) is 0 Å². The molecule has 154 valence electrons. The summed E-state index contributed by atoms with van der Waals surface area (Å²) in [6, 6.07) is 5.75. The number of benzene rings is 1. The van der Waals surface area contributed by atoms with Gasteiger partial charge in [0.15, 0.2) is 5.82 Å². The minimum Gasteiger partial charge on any atom is -0.492 e. The van der Waals surface area contributed by atoms with Gasteiger partial charge in [0.1, 0.15) is 5.75 Å². The molecule has 0 unspecified atom stereocenters. The van der Waals surface area contributed by atoms with Crippen molar-refractivity contribution >= 4 is 29.6 Å². The van der Waals surface area contributed by atoms with Gasteiger partial charge in [0.25, 0.3) is 0 Å². The molecule has 0 radical (unpaired) electrons. The summed E-state index contributed by atoms with van der Waals surface area (Å²) in [6.45, 7) is 4.99. The smallest absolute Gasteiger partial charge is 0.211 e. The molecule has 2 aromatic rings. The monoisotopic (exact) mass is 422 g/mol. The second-order valence-electron chi connectivity index (χ2n) is 6.67. The summed E-state index contributed by atoms with van der Waals surface area (Å²) < 4.78 is 7.61. The molecule has 0 fully saturated rings. The zero-order valence-corrected chi connectivity index (χ0v) is 18.7. The number of unbranched alkanes of at least 4 members (excludes halogenated alkanes) is 6. The molecule has 2 rings (SSSR count). The van der Waals surface area contributed by atoms with Crippen molar-refractivity contribution in [3.05, 3.63) is 34.6 Å². The van der Waals surface area contributed by atoms with Crippen LogP contribution in [0.4, 0.5) is 0 Å². The first-order valence-corrected chi connectivity index (χ1v) is 11.7. The number of hydrogen-bond acceptors (Lipinski definition) is 5. The van der Waals surface area contributed by atoms with E-state index in [4.69, 9.17) is 16.3 Å². The highest BCUT2D eigenvalue weighted by Gasteiger charge is 2.08. The van der Waals surface area contributed by atoms with Gasteiger partial charge >= 0.3 is 0 Å². The lowest BCUT2D eigenvalue weighted by atomic mass is 10.1. The van der Waals surface area contributed by atoms with Crippen LogP contribution in [0.15, 0.2) is 28.5 Å². The van der Waals surface area contributed by atoms with Crippen LogP contribution in [0.1, 0.15) is 70.2 Å². The normalized spacial score (nSPS) is 11.4. The van der Waals surface area contributed by atoms with Gasteiger partial charge in [0.05, 0.1) is 17.8 Å². The van der Waals surface area contributed by atoms with Gasteiger partial charge in [0.2, 0.25) is 5.16 Å². The second kappa shape index (κ2) is 12.8. The van der Waals surface area contributed by atoms with E-state index in [1.807, 2.05) is 31.4 Å². The summed E-state index contributed by atoms with van der Waals surface area (Å²) in [4.78, 5) is 0. The van der Waals surface area contributed by atoms with E-state index in [2.05, 4.69) is 22.2 Å². The lowest BCUT2D eigenvalue weighted by molar-refractivity contribution is 0.304. The molecule has 0 aliphatic heterocycles. The number of halogens is 1. The van der Waals surface area contributed by atoms with Gasteiger partial charge in [-0.25, -0.2) is 0 Å². The highest BCUT2D eigenvalue weighted by molar-refractivity contribution is 7.98. The minimum atomic E-state index is 0.608. The van der Waals surface area contributed by atoms with Gasteiger partial charge in [-0.15, -0.1) is 10.2 Å². The molecule has 1 aromatic carbocycles. The summed E-state index contributed by atoms with van der Waals surface area (Å²) in [5.74, 6) is 1.56. The van der Waals surface area contributed by atoms with E-state index < -0.39 is 0 Å². The van der Waals surface area contributed by atoms with E-state index in [1.54, 1.807) is 10.9 Å². The largest absolute Gasteiger partial charge is 0.492 e. The van der Waals surface area contributed by atoms with Crippen molar-refractivity contribution in [2.75, 3.05) is 12.9 Å². The molecule has 0 spiro atoms. The standard InChI is InChI=1S/C21H31ClN4OS/c1-4-6-7-8-9-10-11-14-27-19-13-12-17(15-18(19)22)16-23-26-20(5-2)24-25-21(26)28-3/h12-13,15-16H,4-11,14H2,1-3H3/b23-16-. The SMILES string of the molecule is CCCCCCCCCOc1ccc(/C=N\n2c(CC)nnc2SC)cc1Cl. The first-order chi connectivity index (χ1) is 13.7. The minimum absolute atomic E-state index is 0.608. The molecule has 0 saturated carbocycles. The number of nitrogens with zero attached hydrogens (tertiary/aromatic N) is 4. The van der Waals surface area contributed by atoms with Crippen LogP contribution in [-0.2, 0) is 6.42 Å². The molecule has 1 heterocycles. The first-order valence-electron chi connectivity index (χ1n) is 10.1. The fourth-order valence-corrected chi connectivity index (χ4v) is 3.53. The Balaban J connectivity index is 1.84. The predicted octanol–water partition coefficient (Wildman–Crippen LogP) is 6.23. The molecule has 0 aliphatic rings. The van der Waals surface area contributed by atoms with E-state index in [1.165, 1.54) is 50.3 Å². The molecule has 7 heteroatoms. The molecule has 5 nitrogen and oxygen atoms in total. The maximum atomic E-state index is 6.38. The quantitative estimate of drug-likeness (QED) is 0.218. The van der Waals surface area contributed by atoms with Gasteiger partial charge in [-0.05, 0) is 36.4 Å². The van der Waals surface area contributed by atoms with Crippen molar-refractivity contribution in [3.63, 3.8) is 0 Å². The van der Waals surface area contributed by atoms with Crippen LogP contribution in [0, 0.1) is 0 Å². The number of aryl methyl sites for hydroxylation is 1. The zero-order chi connectivity index (χ0) is 20.2. The number of thioether (sulfide) groups is 1. The Morgan fingerprint density at radius 1 is 1.11 bits per heavy atom. The molecule has 0 amide bonds. The molecule has 1 aromatic heterocycles. The third-order valence-corrected chi connectivity index (χ3v) is 5.37. The van der Waals surface area contributed by atoms with Crippen LogP contribution in [0.2, 0.25) is 5.02 Å². The van der Waals surface area contributed by atoms with Gasteiger partial charge in [0, 0.05) is 6.42 Å². The molecule has 0 saturated heterocycles. The van der Waals surface area contributed by atoms with Gasteiger partial charge in [-0.3, -0.25) is 0 Å². The molecular weight excluding hydrogens is 392 g/mol. The van der Waals surface area contributed by atoms with Crippen LogP contribution in [0.5, 0.6) is 5.75 Å². The first kappa shape index (κ1) is 22.8. The Kier molecular flexibility index (Phi) is 10.4. The lowest BCUT2D eigenvalue weighted by Gasteiger charge is -2.08. The highest BCUT2D eigenvalue weighted by Crippen LogP contribution is 2.25. The third-order valence-electron chi connectivity index (χ3n) is 4.46. The Hall–Kier alpha value is -1.53. The van der Waals surface area contributed by atoms with Crippen molar-refractivity contribution in [2.24, 2.45) is 5.10 Å². The summed E-state index contributed by atoms with van der Waals surface area (Å²) in [6.07, 6.45) is 13.4. The summed E-state index contributed by atoms with van der Waals surface area (Å²) in [7, 11) is 0. The van der Waals surface area contributed by atoms with Crippen molar-refractivity contribution in [1.82, 2.24) is 14.9 Å². The average molecular weight is 423 g/mol. The summed E-state index contributed by atoms with van der Waals surface area (Å²) in [5.41, 5.74) is 0.913. The Labute approximate surface area is 177 Å². The van der Waals surface area contributed by atoms with Crippen molar-refractivity contribution < 1.29 is 4.74 Å². The van der Waals surface area contributed by atoms with Crippen LogP contribution < -0.4 is 4.74 Å². The summed E-state index contributed by atoms with van der Waals surface area (Å²) >= 11 is 7.90. The Morgan fingerprint density at radius 3 is 2.54 bits per heavy atom. The lowest BCUT2D eigenvalue weighted by Crippen LogP contribution is -2.00. The van der Waals surface area contributed by atoms with E-state index in [-0.39, 0.29) is 0 Å². The third kappa shape index (κ3) is 7.13. The van der Waals surface area contributed by atoms with E-state index in [9.17, 15) is 0 Å². The van der Waals surface area contributed by atoms with Gasteiger partial charge in [-0.1, -0.05) is 75.7 Å².